The van der Waals surface area contributed by atoms with Crippen LogP contribution in [0.3, 0.4) is 0 Å². The van der Waals surface area contributed by atoms with Crippen molar-refractivity contribution in [3.63, 3.8) is 0 Å². The summed E-state index contributed by atoms with van der Waals surface area (Å²) in [6.45, 7) is 2.56. The van der Waals surface area contributed by atoms with E-state index in [-0.39, 0.29) is 5.82 Å². The molecule has 1 aromatic carbocycles. The predicted octanol–water partition coefficient (Wildman–Crippen LogP) is 3.99. The van der Waals surface area contributed by atoms with E-state index in [4.69, 9.17) is 4.74 Å². The van der Waals surface area contributed by atoms with Crippen LogP contribution in [0.5, 0.6) is 0 Å². The monoisotopic (exact) mass is 266 g/mol. The third-order valence-corrected chi connectivity index (χ3v) is 4.07. The number of ether oxygens (including phenoxy) is 1. The van der Waals surface area contributed by atoms with Gasteiger partial charge in [0.2, 0.25) is 0 Å². The normalized spacial score (nSPS) is 20.8. The second-order valence-corrected chi connectivity index (χ2v) is 5.37. The van der Waals surface area contributed by atoms with Crippen molar-refractivity contribution in [2.24, 2.45) is 0 Å². The van der Waals surface area contributed by atoms with Crippen LogP contribution in [0.15, 0.2) is 24.3 Å². The van der Waals surface area contributed by atoms with Crippen molar-refractivity contribution in [3.8, 4) is 0 Å². The quantitative estimate of drug-likeness (QED) is 0.835. The van der Waals surface area contributed by atoms with Crippen molar-refractivity contribution in [2.75, 3.05) is 6.61 Å². The van der Waals surface area contributed by atoms with Crippen LogP contribution in [-0.4, -0.2) is 17.3 Å². The highest BCUT2D eigenvalue weighted by molar-refractivity contribution is 5.21. The van der Waals surface area contributed by atoms with Crippen LogP contribution in [-0.2, 0) is 4.74 Å². The van der Waals surface area contributed by atoms with Gasteiger partial charge in [-0.3, -0.25) is 0 Å². The van der Waals surface area contributed by atoms with Gasteiger partial charge in [-0.1, -0.05) is 37.8 Å². The van der Waals surface area contributed by atoms with Gasteiger partial charge in [0, 0.05) is 6.61 Å². The topological polar surface area (TPSA) is 29.5 Å². The van der Waals surface area contributed by atoms with E-state index in [0.717, 1.165) is 31.2 Å². The lowest BCUT2D eigenvalue weighted by Crippen LogP contribution is -2.39. The SMILES string of the molecule is CCOC1(C(O)c2ccc(F)cc2)CCCCCC1. The van der Waals surface area contributed by atoms with Gasteiger partial charge in [0.1, 0.15) is 11.9 Å². The smallest absolute Gasteiger partial charge is 0.123 e. The molecule has 0 spiro atoms. The summed E-state index contributed by atoms with van der Waals surface area (Å²) in [6.07, 6.45) is 5.64. The van der Waals surface area contributed by atoms with E-state index in [9.17, 15) is 9.50 Å². The molecule has 1 N–H and O–H groups in total. The molecule has 2 rings (SSSR count). The number of aliphatic hydroxyl groups is 1. The fourth-order valence-electron chi connectivity index (χ4n) is 3.06. The summed E-state index contributed by atoms with van der Waals surface area (Å²) in [6, 6.07) is 6.11. The van der Waals surface area contributed by atoms with E-state index in [1.165, 1.54) is 25.0 Å². The number of benzene rings is 1. The molecule has 0 amide bonds. The van der Waals surface area contributed by atoms with Gasteiger partial charge in [0.15, 0.2) is 0 Å². The maximum absolute atomic E-state index is 13.0. The molecule has 1 saturated carbocycles. The Labute approximate surface area is 114 Å². The van der Waals surface area contributed by atoms with Gasteiger partial charge in [-0.05, 0) is 37.5 Å². The predicted molar refractivity (Wildman–Crippen MR) is 73.4 cm³/mol. The molecule has 1 fully saturated rings. The number of hydrogen-bond donors (Lipinski definition) is 1. The van der Waals surface area contributed by atoms with E-state index < -0.39 is 11.7 Å². The lowest BCUT2D eigenvalue weighted by Gasteiger charge is -2.37. The second kappa shape index (κ2) is 6.49. The van der Waals surface area contributed by atoms with Crippen molar-refractivity contribution < 1.29 is 14.2 Å². The molecule has 1 aliphatic rings. The largest absolute Gasteiger partial charge is 0.385 e. The van der Waals surface area contributed by atoms with Gasteiger partial charge in [-0.15, -0.1) is 0 Å². The van der Waals surface area contributed by atoms with Gasteiger partial charge in [0.05, 0.1) is 5.60 Å². The van der Waals surface area contributed by atoms with Crippen LogP contribution in [0.25, 0.3) is 0 Å². The first-order valence-electron chi connectivity index (χ1n) is 7.25. The number of halogens is 1. The molecule has 106 valence electrons. The first-order chi connectivity index (χ1) is 9.18. The lowest BCUT2D eigenvalue weighted by molar-refractivity contribution is -0.131. The fourth-order valence-corrected chi connectivity index (χ4v) is 3.06. The van der Waals surface area contributed by atoms with E-state index >= 15 is 0 Å². The van der Waals surface area contributed by atoms with E-state index in [0.29, 0.717) is 6.61 Å². The van der Waals surface area contributed by atoms with Crippen LogP contribution in [0.1, 0.15) is 57.1 Å². The molecular formula is C16H23FO2. The van der Waals surface area contributed by atoms with Crippen LogP contribution >= 0.6 is 0 Å². The zero-order chi connectivity index (χ0) is 13.7. The number of rotatable bonds is 4. The summed E-state index contributed by atoms with van der Waals surface area (Å²) in [7, 11) is 0. The van der Waals surface area contributed by atoms with Gasteiger partial charge in [-0.25, -0.2) is 4.39 Å². The maximum Gasteiger partial charge on any atom is 0.123 e. The van der Waals surface area contributed by atoms with Crippen LogP contribution in [0.2, 0.25) is 0 Å². The van der Waals surface area contributed by atoms with Crippen LogP contribution in [0, 0.1) is 5.82 Å². The molecule has 1 atom stereocenters. The highest BCUT2D eigenvalue weighted by Gasteiger charge is 2.39. The average Bonchev–Trinajstić information content (AvgIpc) is 2.66. The van der Waals surface area contributed by atoms with Crippen molar-refractivity contribution in [1.82, 2.24) is 0 Å². The lowest BCUT2D eigenvalue weighted by atomic mass is 9.84. The molecule has 0 aromatic heterocycles. The molecular weight excluding hydrogens is 243 g/mol. The highest BCUT2D eigenvalue weighted by Crippen LogP contribution is 2.40. The molecule has 19 heavy (non-hydrogen) atoms. The summed E-state index contributed by atoms with van der Waals surface area (Å²) >= 11 is 0. The summed E-state index contributed by atoms with van der Waals surface area (Å²) < 4.78 is 18.9. The molecule has 1 aliphatic carbocycles. The van der Waals surface area contributed by atoms with Crippen molar-refractivity contribution in [2.45, 2.75) is 57.2 Å². The van der Waals surface area contributed by atoms with Crippen molar-refractivity contribution in [1.29, 1.82) is 0 Å². The third kappa shape index (κ3) is 3.34. The molecule has 0 radical (unpaired) electrons. The average molecular weight is 266 g/mol. The highest BCUT2D eigenvalue weighted by atomic mass is 19.1. The zero-order valence-electron chi connectivity index (χ0n) is 11.6. The summed E-state index contributed by atoms with van der Waals surface area (Å²) in [5.74, 6) is -0.276. The first kappa shape index (κ1) is 14.5. The molecule has 1 aromatic rings. The second-order valence-electron chi connectivity index (χ2n) is 5.37. The Balaban J connectivity index is 2.23. The zero-order valence-corrected chi connectivity index (χ0v) is 11.6. The maximum atomic E-state index is 13.0. The Hall–Kier alpha value is -0.930. The van der Waals surface area contributed by atoms with Gasteiger partial charge < -0.3 is 9.84 Å². The minimum absolute atomic E-state index is 0.276. The van der Waals surface area contributed by atoms with E-state index in [1.807, 2.05) is 6.92 Å². The summed E-state index contributed by atoms with van der Waals surface area (Å²) in [4.78, 5) is 0. The van der Waals surface area contributed by atoms with Gasteiger partial charge in [-0.2, -0.15) is 0 Å². The minimum Gasteiger partial charge on any atom is -0.385 e. The van der Waals surface area contributed by atoms with E-state index in [1.54, 1.807) is 12.1 Å². The molecule has 2 nitrogen and oxygen atoms in total. The summed E-state index contributed by atoms with van der Waals surface area (Å²) in [5, 5.41) is 10.7. The van der Waals surface area contributed by atoms with Crippen LogP contribution in [0.4, 0.5) is 4.39 Å². The molecule has 0 heterocycles. The Kier molecular flexibility index (Phi) is 4.94. The van der Waals surface area contributed by atoms with Crippen molar-refractivity contribution in [3.05, 3.63) is 35.6 Å². The number of hydrogen-bond acceptors (Lipinski definition) is 2. The Morgan fingerprint density at radius 3 is 2.26 bits per heavy atom. The summed E-state index contributed by atoms with van der Waals surface area (Å²) in [5.41, 5.74) is 0.250. The Morgan fingerprint density at radius 1 is 1.16 bits per heavy atom. The third-order valence-electron chi connectivity index (χ3n) is 4.07. The molecule has 3 heteroatoms. The molecule has 0 bridgehead atoms. The standard InChI is InChI=1S/C16H23FO2/c1-2-19-16(11-5-3-4-6-12-16)15(18)13-7-9-14(17)10-8-13/h7-10,15,18H,2-6,11-12H2,1H3. The Bertz CT molecular complexity index is 380. The Morgan fingerprint density at radius 2 is 1.74 bits per heavy atom. The number of aliphatic hydroxyl groups excluding tert-OH is 1. The van der Waals surface area contributed by atoms with E-state index in [2.05, 4.69) is 0 Å². The van der Waals surface area contributed by atoms with Crippen molar-refractivity contribution >= 4 is 0 Å². The molecule has 0 aliphatic heterocycles. The van der Waals surface area contributed by atoms with Gasteiger partial charge >= 0.3 is 0 Å². The van der Waals surface area contributed by atoms with Crippen LogP contribution < -0.4 is 0 Å². The molecule has 0 saturated heterocycles. The first-order valence-corrected chi connectivity index (χ1v) is 7.25. The minimum atomic E-state index is -0.675. The fraction of sp³-hybridized carbons (Fsp3) is 0.625. The van der Waals surface area contributed by atoms with Gasteiger partial charge in [0.25, 0.3) is 0 Å². The molecule has 1 unspecified atom stereocenters.